The number of carboxylic acid groups (broad SMARTS) is 1. The molecule has 0 saturated heterocycles. The molecule has 9 nitrogen and oxygen atoms in total. The molecule has 0 saturated carbocycles. The fourth-order valence-corrected chi connectivity index (χ4v) is 4.03. The van der Waals surface area contributed by atoms with E-state index >= 15 is 0 Å². The number of rotatable bonds is 10. The highest BCUT2D eigenvalue weighted by molar-refractivity contribution is 5.87. The second-order valence-electron chi connectivity index (χ2n) is 8.02. The minimum Gasteiger partial charge on any atom is -0.480 e. The quantitative estimate of drug-likeness (QED) is 0.457. The molecule has 34 heavy (non-hydrogen) atoms. The smallest absolute Gasteiger partial charge is 0.407 e. The minimum absolute atomic E-state index is 0.0869. The molecule has 2 aromatic carbocycles. The molecule has 0 bridgehead atoms. The van der Waals surface area contributed by atoms with Gasteiger partial charge in [0.2, 0.25) is 5.91 Å². The van der Waals surface area contributed by atoms with Crippen molar-refractivity contribution in [2.75, 3.05) is 13.7 Å². The van der Waals surface area contributed by atoms with Gasteiger partial charge in [-0.15, -0.1) is 0 Å². The average molecular weight is 469 g/mol. The van der Waals surface area contributed by atoms with E-state index in [1.165, 1.54) is 0 Å². The van der Waals surface area contributed by atoms with Crippen LogP contribution in [0.1, 0.15) is 43.2 Å². The Kier molecular flexibility index (Phi) is 8.24. The van der Waals surface area contributed by atoms with Crippen LogP contribution in [0, 0.1) is 0 Å². The fraction of sp³-hybridized carbons (Fsp3) is 0.360. The largest absolute Gasteiger partial charge is 0.480 e. The number of esters is 1. The van der Waals surface area contributed by atoms with E-state index in [0.717, 1.165) is 29.4 Å². The van der Waals surface area contributed by atoms with Gasteiger partial charge in [-0.25, -0.2) is 9.59 Å². The van der Waals surface area contributed by atoms with Crippen molar-refractivity contribution >= 4 is 23.9 Å². The number of alkyl carbamates (subject to hydrolysis) is 1. The molecule has 1 aliphatic rings. The van der Waals surface area contributed by atoms with Crippen LogP contribution in [0.3, 0.4) is 0 Å². The number of nitrogens with one attached hydrogen (secondary N) is 2. The molecule has 180 valence electrons. The minimum atomic E-state index is -1.41. The van der Waals surface area contributed by atoms with Crippen LogP contribution in [-0.2, 0) is 23.9 Å². The van der Waals surface area contributed by atoms with E-state index in [0.29, 0.717) is 6.42 Å². The predicted octanol–water partition coefficient (Wildman–Crippen LogP) is 2.83. The van der Waals surface area contributed by atoms with Crippen LogP contribution in [0.4, 0.5) is 4.79 Å². The number of benzene rings is 2. The van der Waals surface area contributed by atoms with Crippen molar-refractivity contribution in [2.45, 2.75) is 44.2 Å². The molecule has 9 heteroatoms. The van der Waals surface area contributed by atoms with Crippen LogP contribution in [-0.4, -0.2) is 54.8 Å². The molecule has 0 heterocycles. The monoisotopic (exact) mass is 468 g/mol. The lowest BCUT2D eigenvalue weighted by Gasteiger charge is -2.20. The highest BCUT2D eigenvalue weighted by Gasteiger charge is 2.29. The first-order valence-corrected chi connectivity index (χ1v) is 11.0. The standard InChI is InChI=1S/C25H28N2O7/c1-3-15(12-22(28)27-21(24(30)31)13-23(29)33-2)26-25(32)34-14-20-18-10-6-4-8-16(18)17-9-5-7-11-19(17)20/h4-11,15,20-21H,3,12-14H2,1-2H3,(H,26,32)(H,27,28)(H,30,31)/t15-,21+/m0/s1. The van der Waals surface area contributed by atoms with Gasteiger partial charge in [0, 0.05) is 18.4 Å². The first kappa shape index (κ1) is 24.8. The molecule has 2 atom stereocenters. The molecule has 0 spiro atoms. The molecular formula is C25H28N2O7. The van der Waals surface area contributed by atoms with Crippen LogP contribution in [0.15, 0.2) is 48.5 Å². The van der Waals surface area contributed by atoms with E-state index in [1.807, 2.05) is 48.5 Å². The van der Waals surface area contributed by atoms with Crippen LogP contribution in [0.25, 0.3) is 11.1 Å². The predicted molar refractivity (Wildman–Crippen MR) is 123 cm³/mol. The van der Waals surface area contributed by atoms with Crippen LogP contribution < -0.4 is 10.6 Å². The van der Waals surface area contributed by atoms with E-state index < -0.39 is 42.4 Å². The summed E-state index contributed by atoms with van der Waals surface area (Å²) in [6, 6.07) is 14.0. The maximum Gasteiger partial charge on any atom is 0.407 e. The van der Waals surface area contributed by atoms with Gasteiger partial charge in [0.05, 0.1) is 13.5 Å². The Hall–Kier alpha value is -3.88. The topological polar surface area (TPSA) is 131 Å². The molecule has 0 aromatic heterocycles. The second-order valence-corrected chi connectivity index (χ2v) is 8.02. The van der Waals surface area contributed by atoms with Crippen molar-refractivity contribution in [1.29, 1.82) is 0 Å². The SMILES string of the molecule is CC[C@@H](CC(=O)N[C@H](CC(=O)OC)C(=O)O)NC(=O)OCC1c2ccccc2-c2ccccc21. The summed E-state index contributed by atoms with van der Waals surface area (Å²) < 4.78 is 9.96. The summed E-state index contributed by atoms with van der Waals surface area (Å²) in [5, 5.41) is 14.2. The highest BCUT2D eigenvalue weighted by atomic mass is 16.5. The van der Waals surface area contributed by atoms with E-state index in [1.54, 1.807) is 6.92 Å². The summed E-state index contributed by atoms with van der Waals surface area (Å²) in [5.41, 5.74) is 4.42. The summed E-state index contributed by atoms with van der Waals surface area (Å²) in [6.45, 7) is 1.92. The number of fused-ring (bicyclic) bond motifs is 3. The van der Waals surface area contributed by atoms with Gasteiger partial charge in [0.25, 0.3) is 0 Å². The van der Waals surface area contributed by atoms with Crippen LogP contribution >= 0.6 is 0 Å². The maximum atomic E-state index is 12.5. The van der Waals surface area contributed by atoms with E-state index in [2.05, 4.69) is 15.4 Å². The van der Waals surface area contributed by atoms with Crippen molar-refractivity contribution in [3.8, 4) is 11.1 Å². The highest BCUT2D eigenvalue weighted by Crippen LogP contribution is 2.44. The van der Waals surface area contributed by atoms with E-state index in [4.69, 9.17) is 4.74 Å². The van der Waals surface area contributed by atoms with Crippen molar-refractivity contribution in [3.05, 3.63) is 59.7 Å². The van der Waals surface area contributed by atoms with Crippen molar-refractivity contribution in [1.82, 2.24) is 10.6 Å². The summed E-state index contributed by atoms with van der Waals surface area (Å²) >= 11 is 0. The number of ether oxygens (including phenoxy) is 2. The number of carbonyl (C=O) groups excluding carboxylic acids is 3. The number of aliphatic carboxylic acids is 1. The van der Waals surface area contributed by atoms with Gasteiger partial charge in [-0.1, -0.05) is 55.5 Å². The Morgan fingerprint density at radius 1 is 0.941 bits per heavy atom. The number of carboxylic acids is 1. The Labute approximate surface area is 197 Å². The number of methoxy groups -OCH3 is 1. The number of amides is 2. The second kappa shape index (κ2) is 11.3. The molecule has 0 aliphatic heterocycles. The summed E-state index contributed by atoms with van der Waals surface area (Å²) in [5.74, 6) is -2.80. The average Bonchev–Trinajstić information content (AvgIpc) is 3.15. The van der Waals surface area contributed by atoms with Gasteiger partial charge < -0.3 is 25.2 Å². The lowest BCUT2D eigenvalue weighted by atomic mass is 9.98. The molecule has 3 N–H and O–H groups in total. The summed E-state index contributed by atoms with van der Waals surface area (Å²) in [4.78, 5) is 47.4. The Morgan fingerprint density at radius 2 is 1.53 bits per heavy atom. The van der Waals surface area contributed by atoms with E-state index in [-0.39, 0.29) is 18.9 Å². The first-order chi connectivity index (χ1) is 16.3. The molecule has 2 amide bonds. The molecule has 2 aromatic rings. The van der Waals surface area contributed by atoms with Gasteiger partial charge in [-0.2, -0.15) is 0 Å². The third kappa shape index (κ3) is 5.92. The molecule has 0 unspecified atom stereocenters. The Bertz CT molecular complexity index is 1020. The molecule has 0 radical (unpaired) electrons. The lowest BCUT2D eigenvalue weighted by Crippen LogP contribution is -2.45. The third-order valence-corrected chi connectivity index (χ3v) is 5.82. The molecular weight excluding hydrogens is 440 g/mol. The van der Waals surface area contributed by atoms with Gasteiger partial charge in [-0.05, 0) is 28.7 Å². The third-order valence-electron chi connectivity index (χ3n) is 5.82. The van der Waals surface area contributed by atoms with Crippen molar-refractivity contribution in [2.24, 2.45) is 0 Å². The van der Waals surface area contributed by atoms with Gasteiger partial charge in [0.1, 0.15) is 12.6 Å². The van der Waals surface area contributed by atoms with Crippen LogP contribution in [0.5, 0.6) is 0 Å². The zero-order valence-corrected chi connectivity index (χ0v) is 19.1. The zero-order chi connectivity index (χ0) is 24.7. The Morgan fingerprint density at radius 3 is 2.06 bits per heavy atom. The molecule has 1 aliphatic carbocycles. The van der Waals surface area contributed by atoms with Gasteiger partial charge >= 0.3 is 18.0 Å². The van der Waals surface area contributed by atoms with E-state index in [9.17, 15) is 24.3 Å². The molecule has 0 fully saturated rings. The number of carbonyl (C=O) groups is 4. The first-order valence-electron chi connectivity index (χ1n) is 11.0. The summed E-state index contributed by atoms with van der Waals surface area (Å²) in [6.07, 6.45) is -0.891. The van der Waals surface area contributed by atoms with Crippen molar-refractivity contribution in [3.63, 3.8) is 0 Å². The lowest BCUT2D eigenvalue weighted by molar-refractivity contribution is -0.148. The van der Waals surface area contributed by atoms with Gasteiger partial charge in [0.15, 0.2) is 0 Å². The normalized spacial score (nSPS) is 13.7. The van der Waals surface area contributed by atoms with Crippen molar-refractivity contribution < 1.29 is 33.8 Å². The maximum absolute atomic E-state index is 12.5. The molecule has 3 rings (SSSR count). The fourth-order valence-electron chi connectivity index (χ4n) is 4.03. The number of hydrogen-bond donors (Lipinski definition) is 3. The summed E-state index contributed by atoms with van der Waals surface area (Å²) in [7, 11) is 1.13. The zero-order valence-electron chi connectivity index (χ0n) is 19.1. The van der Waals surface area contributed by atoms with Crippen LogP contribution in [0.2, 0.25) is 0 Å². The van der Waals surface area contributed by atoms with Gasteiger partial charge in [-0.3, -0.25) is 9.59 Å². The Balaban J connectivity index is 1.55. The number of hydrogen-bond acceptors (Lipinski definition) is 6.